The number of carbonyl (C=O) groups excluding carboxylic acids is 1. The van der Waals surface area contributed by atoms with Crippen LogP contribution in [0.15, 0.2) is 0 Å². The highest BCUT2D eigenvalue weighted by atomic mass is 28.4. The molecule has 8 heteroatoms. The van der Waals surface area contributed by atoms with Crippen molar-refractivity contribution >= 4 is 14.8 Å². The van der Waals surface area contributed by atoms with Gasteiger partial charge in [-0.05, 0) is 32.2 Å². The van der Waals surface area contributed by atoms with Crippen molar-refractivity contribution in [1.82, 2.24) is 5.32 Å². The van der Waals surface area contributed by atoms with Gasteiger partial charge in [-0.1, -0.05) is 40.0 Å². The van der Waals surface area contributed by atoms with Gasteiger partial charge in [-0.15, -0.1) is 0 Å². The van der Waals surface area contributed by atoms with Crippen LogP contribution in [-0.4, -0.2) is 86.5 Å². The highest BCUT2D eigenvalue weighted by Gasteiger charge is 2.40. The Bertz CT molecular complexity index is 406. The molecule has 0 spiro atoms. The van der Waals surface area contributed by atoms with Crippen LogP contribution in [0.4, 0.5) is 0 Å². The SMILES string of the molecule is CCCCO[Si](CCCNCCC(=O)OCC[N+](C)(C)C)(OCCCC)OCCCC. The lowest BCUT2D eigenvalue weighted by Gasteiger charge is -2.30. The third-order valence-electron chi connectivity index (χ3n) is 4.83. The number of esters is 1. The van der Waals surface area contributed by atoms with Crippen LogP contribution in [0, 0.1) is 0 Å². The van der Waals surface area contributed by atoms with Crippen molar-refractivity contribution in [3.8, 4) is 0 Å². The summed E-state index contributed by atoms with van der Waals surface area (Å²) in [6, 6.07) is 0.811. The van der Waals surface area contributed by atoms with Crippen LogP contribution in [0.1, 0.15) is 72.1 Å². The van der Waals surface area contributed by atoms with Crippen LogP contribution < -0.4 is 5.32 Å². The number of hydrogen-bond donors (Lipinski definition) is 1. The van der Waals surface area contributed by atoms with E-state index in [1.54, 1.807) is 0 Å². The molecule has 0 bridgehead atoms. The van der Waals surface area contributed by atoms with E-state index in [1.807, 2.05) is 0 Å². The Kier molecular flexibility index (Phi) is 18.7. The highest BCUT2D eigenvalue weighted by molar-refractivity contribution is 6.60. The molecular weight excluding hydrogens is 412 g/mol. The van der Waals surface area contributed by atoms with Crippen LogP contribution in [0.2, 0.25) is 6.04 Å². The van der Waals surface area contributed by atoms with Gasteiger partial charge in [0.25, 0.3) is 0 Å². The minimum Gasteiger partial charge on any atom is -0.460 e. The first-order valence-electron chi connectivity index (χ1n) is 12.4. The summed E-state index contributed by atoms with van der Waals surface area (Å²) in [6.07, 6.45) is 7.68. The van der Waals surface area contributed by atoms with Crippen molar-refractivity contribution in [2.24, 2.45) is 0 Å². The Morgan fingerprint density at radius 2 is 1.29 bits per heavy atom. The predicted molar refractivity (Wildman–Crippen MR) is 129 cm³/mol. The first-order chi connectivity index (χ1) is 14.8. The summed E-state index contributed by atoms with van der Waals surface area (Å²) in [7, 11) is 3.60. The maximum atomic E-state index is 11.8. The van der Waals surface area contributed by atoms with Gasteiger partial charge in [0, 0.05) is 32.4 Å². The number of hydrogen-bond acceptors (Lipinski definition) is 6. The predicted octanol–water partition coefficient (Wildman–Crippen LogP) is 3.99. The van der Waals surface area contributed by atoms with Crippen molar-refractivity contribution in [3.05, 3.63) is 0 Å². The molecule has 0 unspecified atom stereocenters. The Morgan fingerprint density at radius 3 is 1.74 bits per heavy atom. The molecule has 0 aromatic carbocycles. The molecule has 0 aliphatic carbocycles. The van der Waals surface area contributed by atoms with E-state index < -0.39 is 8.80 Å². The fourth-order valence-electron chi connectivity index (χ4n) is 2.71. The normalized spacial score (nSPS) is 12.3. The molecule has 1 N–H and O–H groups in total. The van der Waals surface area contributed by atoms with E-state index in [2.05, 4.69) is 47.2 Å². The summed E-state index contributed by atoms with van der Waals surface area (Å²) in [5.41, 5.74) is 0. The van der Waals surface area contributed by atoms with Gasteiger partial charge in [0.1, 0.15) is 13.2 Å². The zero-order chi connectivity index (χ0) is 23.4. The molecule has 186 valence electrons. The van der Waals surface area contributed by atoms with E-state index in [0.29, 0.717) is 39.4 Å². The Balaban J connectivity index is 4.36. The summed E-state index contributed by atoms with van der Waals surface area (Å²) in [5, 5.41) is 3.35. The standard InChI is InChI=1S/C23H51N2O5Si/c1-7-10-18-28-31(29-19-11-8-2,30-20-12-9-3)22-13-15-24-16-14-23(26)27-21-17-25(4,5)6/h24H,7-22H2,1-6H3/q+1. The Labute approximate surface area is 193 Å². The maximum Gasteiger partial charge on any atom is 0.501 e. The van der Waals surface area contributed by atoms with Crippen LogP contribution in [0.25, 0.3) is 0 Å². The van der Waals surface area contributed by atoms with E-state index in [1.165, 1.54) is 0 Å². The van der Waals surface area contributed by atoms with Crippen molar-refractivity contribution in [2.75, 3.05) is 67.2 Å². The van der Waals surface area contributed by atoms with Crippen LogP contribution in [0.5, 0.6) is 0 Å². The van der Waals surface area contributed by atoms with Gasteiger partial charge in [0.2, 0.25) is 0 Å². The number of ether oxygens (including phenoxy) is 1. The lowest BCUT2D eigenvalue weighted by molar-refractivity contribution is -0.870. The monoisotopic (exact) mass is 463 g/mol. The number of rotatable bonds is 22. The second kappa shape index (κ2) is 19.0. The van der Waals surface area contributed by atoms with E-state index in [-0.39, 0.29) is 5.97 Å². The van der Waals surface area contributed by atoms with Crippen molar-refractivity contribution < 1.29 is 27.3 Å². The topological polar surface area (TPSA) is 66.0 Å². The first kappa shape index (κ1) is 30.5. The van der Waals surface area contributed by atoms with Crippen LogP contribution in [-0.2, 0) is 22.8 Å². The molecule has 0 aliphatic heterocycles. The Morgan fingerprint density at radius 1 is 0.774 bits per heavy atom. The van der Waals surface area contributed by atoms with E-state index in [9.17, 15) is 4.79 Å². The number of unbranched alkanes of at least 4 members (excludes halogenated alkanes) is 3. The number of nitrogens with zero attached hydrogens (tertiary/aromatic N) is 1. The van der Waals surface area contributed by atoms with E-state index in [0.717, 1.165) is 68.6 Å². The molecule has 0 saturated carbocycles. The number of quaternary nitrogens is 1. The fourth-order valence-corrected chi connectivity index (χ4v) is 5.37. The first-order valence-corrected chi connectivity index (χ1v) is 14.3. The van der Waals surface area contributed by atoms with Gasteiger partial charge in [-0.25, -0.2) is 0 Å². The molecule has 0 amide bonds. The van der Waals surface area contributed by atoms with Crippen molar-refractivity contribution in [3.63, 3.8) is 0 Å². The maximum absolute atomic E-state index is 11.8. The molecule has 0 aromatic heterocycles. The highest BCUT2D eigenvalue weighted by Crippen LogP contribution is 2.20. The van der Waals surface area contributed by atoms with Crippen molar-refractivity contribution in [1.29, 1.82) is 0 Å². The molecule has 0 radical (unpaired) electrons. The molecule has 0 aliphatic rings. The molecular formula is C23H51N2O5Si+. The lowest BCUT2D eigenvalue weighted by atomic mass is 10.4. The second-order valence-corrected chi connectivity index (χ2v) is 11.9. The number of likely N-dealkylation sites (N-methyl/N-ethyl adjacent to an activating group) is 1. The van der Waals surface area contributed by atoms with E-state index in [4.69, 9.17) is 18.0 Å². The summed E-state index contributed by atoms with van der Waals surface area (Å²) in [6.45, 7) is 11.3. The molecule has 7 nitrogen and oxygen atoms in total. The quantitative estimate of drug-likeness (QED) is 0.113. The average Bonchev–Trinajstić information content (AvgIpc) is 2.70. The molecule has 0 rings (SSSR count). The molecule has 0 fully saturated rings. The third kappa shape index (κ3) is 18.7. The molecule has 0 saturated heterocycles. The minimum atomic E-state index is -2.66. The van der Waals surface area contributed by atoms with Gasteiger partial charge in [-0.3, -0.25) is 4.79 Å². The summed E-state index contributed by atoms with van der Waals surface area (Å²) in [4.78, 5) is 11.8. The second-order valence-electron chi connectivity index (χ2n) is 9.13. The van der Waals surface area contributed by atoms with Gasteiger partial charge in [-0.2, -0.15) is 0 Å². The van der Waals surface area contributed by atoms with Crippen LogP contribution in [0.3, 0.4) is 0 Å². The number of nitrogens with one attached hydrogen (secondary N) is 1. The minimum absolute atomic E-state index is 0.140. The van der Waals surface area contributed by atoms with E-state index >= 15 is 0 Å². The lowest BCUT2D eigenvalue weighted by Crippen LogP contribution is -2.47. The zero-order valence-corrected chi connectivity index (χ0v) is 22.3. The van der Waals surface area contributed by atoms with Gasteiger partial charge < -0.3 is 27.8 Å². The van der Waals surface area contributed by atoms with Gasteiger partial charge in [0.05, 0.1) is 27.6 Å². The van der Waals surface area contributed by atoms with Gasteiger partial charge >= 0.3 is 14.8 Å². The molecule has 0 heterocycles. The Hall–Kier alpha value is -0.513. The zero-order valence-electron chi connectivity index (χ0n) is 21.3. The van der Waals surface area contributed by atoms with Crippen molar-refractivity contribution in [2.45, 2.75) is 78.2 Å². The smallest absolute Gasteiger partial charge is 0.460 e. The summed E-state index contributed by atoms with van der Waals surface area (Å²) in [5.74, 6) is -0.140. The largest absolute Gasteiger partial charge is 0.501 e. The molecule has 31 heavy (non-hydrogen) atoms. The third-order valence-corrected chi connectivity index (χ3v) is 7.72. The molecule has 0 aromatic rings. The number of carbonyl (C=O) groups is 1. The average molecular weight is 464 g/mol. The summed E-state index contributed by atoms with van der Waals surface area (Å²) >= 11 is 0. The fraction of sp³-hybridized carbons (Fsp3) is 0.957. The van der Waals surface area contributed by atoms with Gasteiger partial charge in [0.15, 0.2) is 0 Å². The van der Waals surface area contributed by atoms with Crippen LogP contribution >= 0.6 is 0 Å². The molecule has 0 atom stereocenters. The summed E-state index contributed by atoms with van der Waals surface area (Å²) < 4.78 is 24.9.